The van der Waals surface area contributed by atoms with Crippen LogP contribution in [0.15, 0.2) is 18.2 Å². The molecule has 0 aromatic heterocycles. The van der Waals surface area contributed by atoms with Gasteiger partial charge in [0.15, 0.2) is 0 Å². The Bertz CT molecular complexity index is 868. The highest BCUT2D eigenvalue weighted by atomic mass is 16.5. The smallest absolute Gasteiger partial charge is 0.236 e. The SMILES string of the molecule is COc1ccc2c(c1)N1CCN(CC(=O)N3CCOCC3)C[C@@H]1[C@@H](C(=O)N1CCOCC1)C2. The van der Waals surface area contributed by atoms with Gasteiger partial charge in [-0.1, -0.05) is 6.07 Å². The maximum absolute atomic E-state index is 13.6. The molecule has 0 bridgehead atoms. The van der Waals surface area contributed by atoms with Gasteiger partial charge in [-0.15, -0.1) is 0 Å². The van der Waals surface area contributed by atoms with Crippen LogP contribution in [0.2, 0.25) is 0 Å². The first kappa shape index (κ1) is 22.4. The Balaban J connectivity index is 1.36. The van der Waals surface area contributed by atoms with Crippen molar-refractivity contribution in [3.63, 3.8) is 0 Å². The minimum Gasteiger partial charge on any atom is -0.497 e. The fourth-order valence-electron chi connectivity index (χ4n) is 5.51. The summed E-state index contributed by atoms with van der Waals surface area (Å²) in [4.78, 5) is 35.0. The molecule has 9 nitrogen and oxygen atoms in total. The summed E-state index contributed by atoms with van der Waals surface area (Å²) in [6.45, 7) is 7.71. The van der Waals surface area contributed by atoms with Gasteiger partial charge < -0.3 is 28.9 Å². The zero-order chi connectivity index (χ0) is 22.8. The number of anilines is 1. The molecule has 0 N–H and O–H groups in total. The molecule has 33 heavy (non-hydrogen) atoms. The molecule has 0 spiro atoms. The lowest BCUT2D eigenvalue weighted by Crippen LogP contribution is -2.62. The second-order valence-electron chi connectivity index (χ2n) is 9.23. The van der Waals surface area contributed by atoms with Crippen molar-refractivity contribution in [2.24, 2.45) is 5.92 Å². The van der Waals surface area contributed by atoms with Gasteiger partial charge in [0.2, 0.25) is 11.8 Å². The molecule has 3 saturated heterocycles. The van der Waals surface area contributed by atoms with Gasteiger partial charge >= 0.3 is 0 Å². The van der Waals surface area contributed by atoms with Crippen molar-refractivity contribution in [3.05, 3.63) is 23.8 Å². The largest absolute Gasteiger partial charge is 0.497 e. The van der Waals surface area contributed by atoms with Gasteiger partial charge in [-0.3, -0.25) is 14.5 Å². The maximum Gasteiger partial charge on any atom is 0.236 e. The number of hydrogen-bond donors (Lipinski definition) is 0. The van der Waals surface area contributed by atoms with Gasteiger partial charge in [0.25, 0.3) is 0 Å². The Hall–Kier alpha value is -2.36. The fourth-order valence-corrected chi connectivity index (χ4v) is 5.51. The van der Waals surface area contributed by atoms with Gasteiger partial charge in [-0.05, 0) is 18.1 Å². The van der Waals surface area contributed by atoms with Crippen LogP contribution in [0.4, 0.5) is 5.69 Å². The van der Waals surface area contributed by atoms with Crippen molar-refractivity contribution in [1.82, 2.24) is 14.7 Å². The van der Waals surface area contributed by atoms with Crippen LogP contribution in [-0.4, -0.2) is 118 Å². The standard InChI is InChI=1S/C24H34N4O5/c1-31-19-3-2-18-14-20(24(30)27-8-12-33-13-9-27)22-16-25(4-5-28(22)21(18)15-19)17-23(29)26-6-10-32-11-7-26/h2-3,15,20,22H,4-14,16-17H2,1H3/t20-,22+/m0/s1. The van der Waals surface area contributed by atoms with Gasteiger partial charge in [-0.25, -0.2) is 0 Å². The molecule has 180 valence electrons. The van der Waals surface area contributed by atoms with E-state index in [4.69, 9.17) is 14.2 Å². The molecule has 0 aliphatic carbocycles. The average Bonchev–Trinajstić information content (AvgIpc) is 2.88. The lowest BCUT2D eigenvalue weighted by atomic mass is 9.82. The lowest BCUT2D eigenvalue weighted by molar-refractivity contribution is -0.141. The van der Waals surface area contributed by atoms with Crippen LogP contribution >= 0.6 is 0 Å². The predicted octanol–water partition coefficient (Wildman–Crippen LogP) is 0.0757. The highest BCUT2D eigenvalue weighted by molar-refractivity contribution is 5.83. The normalized spacial score (nSPS) is 25.9. The number of methoxy groups -OCH3 is 1. The number of piperazine rings is 1. The summed E-state index contributed by atoms with van der Waals surface area (Å²) in [5.41, 5.74) is 2.35. The van der Waals surface area contributed by atoms with Crippen molar-refractivity contribution in [2.45, 2.75) is 12.5 Å². The molecule has 9 heteroatoms. The van der Waals surface area contributed by atoms with Gasteiger partial charge in [0.05, 0.1) is 52.0 Å². The number of morpholine rings is 2. The van der Waals surface area contributed by atoms with E-state index in [1.54, 1.807) is 7.11 Å². The molecule has 3 fully saturated rings. The Morgan fingerprint density at radius 2 is 1.67 bits per heavy atom. The van der Waals surface area contributed by atoms with Crippen molar-refractivity contribution in [3.8, 4) is 5.75 Å². The quantitative estimate of drug-likeness (QED) is 0.633. The number of amides is 2. The Morgan fingerprint density at radius 3 is 2.36 bits per heavy atom. The molecule has 1 aromatic carbocycles. The number of benzene rings is 1. The number of hydrogen-bond acceptors (Lipinski definition) is 7. The van der Waals surface area contributed by atoms with Crippen molar-refractivity contribution in [2.75, 3.05) is 90.8 Å². The Kier molecular flexibility index (Phi) is 6.71. The fraction of sp³-hybridized carbons (Fsp3) is 0.667. The number of ether oxygens (including phenoxy) is 3. The van der Waals surface area contributed by atoms with E-state index in [1.807, 2.05) is 15.9 Å². The van der Waals surface area contributed by atoms with Crippen LogP contribution in [0.1, 0.15) is 5.56 Å². The second kappa shape index (κ2) is 9.87. The molecule has 4 aliphatic rings. The number of carbonyl (C=O) groups is 2. The average molecular weight is 459 g/mol. The van der Waals surface area contributed by atoms with Crippen molar-refractivity contribution in [1.29, 1.82) is 0 Å². The summed E-state index contributed by atoms with van der Waals surface area (Å²) in [5.74, 6) is 1.05. The van der Waals surface area contributed by atoms with E-state index >= 15 is 0 Å². The first-order chi connectivity index (χ1) is 16.1. The lowest BCUT2D eigenvalue weighted by Gasteiger charge is -2.50. The van der Waals surface area contributed by atoms with Gasteiger partial charge in [0.1, 0.15) is 5.75 Å². The molecule has 4 aliphatic heterocycles. The summed E-state index contributed by atoms with van der Waals surface area (Å²) in [6.07, 6.45) is 0.710. The number of fused-ring (bicyclic) bond motifs is 3. The number of nitrogens with zero attached hydrogens (tertiary/aromatic N) is 4. The van der Waals surface area contributed by atoms with E-state index in [0.717, 1.165) is 24.5 Å². The Morgan fingerprint density at radius 1 is 0.970 bits per heavy atom. The Labute approximate surface area is 195 Å². The first-order valence-corrected chi connectivity index (χ1v) is 12.0. The molecule has 1 aromatic rings. The van der Waals surface area contributed by atoms with Crippen LogP contribution in [0.25, 0.3) is 0 Å². The topological polar surface area (TPSA) is 74.8 Å². The highest BCUT2D eigenvalue weighted by Crippen LogP contribution is 2.38. The van der Waals surface area contributed by atoms with Crippen LogP contribution in [0, 0.1) is 5.92 Å². The van der Waals surface area contributed by atoms with E-state index < -0.39 is 0 Å². The monoisotopic (exact) mass is 458 g/mol. The van der Waals surface area contributed by atoms with E-state index in [9.17, 15) is 9.59 Å². The van der Waals surface area contributed by atoms with Crippen molar-refractivity contribution < 1.29 is 23.8 Å². The molecule has 0 unspecified atom stereocenters. The van der Waals surface area contributed by atoms with Crippen LogP contribution in [-0.2, 0) is 25.5 Å². The molecule has 2 amide bonds. The van der Waals surface area contributed by atoms with E-state index in [2.05, 4.69) is 21.9 Å². The molecular weight excluding hydrogens is 424 g/mol. The van der Waals surface area contributed by atoms with Crippen LogP contribution in [0.3, 0.4) is 0 Å². The van der Waals surface area contributed by atoms with E-state index in [-0.39, 0.29) is 23.8 Å². The van der Waals surface area contributed by atoms with Crippen LogP contribution < -0.4 is 9.64 Å². The summed E-state index contributed by atoms with van der Waals surface area (Å²) in [7, 11) is 1.68. The summed E-state index contributed by atoms with van der Waals surface area (Å²) >= 11 is 0. The second-order valence-corrected chi connectivity index (χ2v) is 9.23. The molecular formula is C24H34N4O5. The molecule has 5 rings (SSSR count). The predicted molar refractivity (Wildman–Crippen MR) is 123 cm³/mol. The molecule has 2 atom stereocenters. The number of carbonyl (C=O) groups excluding carboxylic acids is 2. The molecule has 0 saturated carbocycles. The van der Waals surface area contributed by atoms with Gasteiger partial charge in [-0.2, -0.15) is 0 Å². The number of rotatable bonds is 4. The van der Waals surface area contributed by atoms with E-state index in [0.29, 0.717) is 72.1 Å². The van der Waals surface area contributed by atoms with Crippen molar-refractivity contribution >= 4 is 17.5 Å². The first-order valence-electron chi connectivity index (χ1n) is 12.0. The third-order valence-electron chi connectivity index (χ3n) is 7.37. The summed E-state index contributed by atoms with van der Waals surface area (Å²) < 4.78 is 16.3. The van der Waals surface area contributed by atoms with E-state index in [1.165, 1.54) is 5.56 Å². The minimum atomic E-state index is -0.134. The zero-order valence-electron chi connectivity index (χ0n) is 19.4. The molecule has 0 radical (unpaired) electrons. The third-order valence-corrected chi connectivity index (χ3v) is 7.37. The van der Waals surface area contributed by atoms with Crippen LogP contribution in [0.5, 0.6) is 5.75 Å². The summed E-state index contributed by atoms with van der Waals surface area (Å²) in [6, 6.07) is 6.20. The highest BCUT2D eigenvalue weighted by Gasteiger charge is 2.43. The molecule has 4 heterocycles. The zero-order valence-corrected chi connectivity index (χ0v) is 19.4. The maximum atomic E-state index is 13.6. The summed E-state index contributed by atoms with van der Waals surface area (Å²) in [5, 5.41) is 0. The van der Waals surface area contributed by atoms with Gasteiger partial charge in [0, 0.05) is 57.6 Å². The third kappa shape index (κ3) is 4.67. The minimum absolute atomic E-state index is 0.0335.